The summed E-state index contributed by atoms with van der Waals surface area (Å²) in [5, 5.41) is 0. The first kappa shape index (κ1) is 13.8. The highest BCUT2D eigenvalue weighted by molar-refractivity contribution is 7.98. The van der Waals surface area contributed by atoms with Gasteiger partial charge in [-0.3, -0.25) is 4.79 Å². The number of amides is 1. The Hall–Kier alpha value is -0.220. The van der Waals surface area contributed by atoms with Crippen LogP contribution in [0.5, 0.6) is 0 Å². The van der Waals surface area contributed by atoms with Gasteiger partial charge in [-0.15, -0.1) is 0 Å². The molecule has 0 aliphatic carbocycles. The van der Waals surface area contributed by atoms with E-state index in [9.17, 15) is 4.79 Å². The lowest BCUT2D eigenvalue weighted by molar-refractivity contribution is -0.131. The van der Waals surface area contributed by atoms with E-state index in [4.69, 9.17) is 5.73 Å². The molecular weight excluding hydrogens is 196 g/mol. The molecule has 0 fully saturated rings. The van der Waals surface area contributed by atoms with Crippen molar-refractivity contribution >= 4 is 17.7 Å². The van der Waals surface area contributed by atoms with Crippen LogP contribution >= 0.6 is 11.8 Å². The summed E-state index contributed by atoms with van der Waals surface area (Å²) in [6.45, 7) is 2.90. The largest absolute Gasteiger partial charge is 0.344 e. The van der Waals surface area contributed by atoms with Gasteiger partial charge in [-0.1, -0.05) is 19.8 Å². The molecule has 14 heavy (non-hydrogen) atoms. The molecule has 0 aliphatic heterocycles. The average molecular weight is 218 g/mol. The zero-order chi connectivity index (χ0) is 11.0. The monoisotopic (exact) mass is 218 g/mol. The molecule has 0 aromatic carbocycles. The summed E-state index contributed by atoms with van der Waals surface area (Å²) in [7, 11) is 1.82. The van der Waals surface area contributed by atoms with Gasteiger partial charge < -0.3 is 10.6 Å². The minimum absolute atomic E-state index is 0.0764. The van der Waals surface area contributed by atoms with Crippen LogP contribution in [0.3, 0.4) is 0 Å². The third-order valence-electron chi connectivity index (χ3n) is 2.19. The van der Waals surface area contributed by atoms with E-state index in [1.165, 1.54) is 0 Å². The standard InChI is InChI=1S/C10H22N2OS/c1-4-5-6-9(11)10(13)12(2)7-8-14-3/h9H,4-8,11H2,1-3H3. The Morgan fingerprint density at radius 2 is 2.21 bits per heavy atom. The van der Waals surface area contributed by atoms with Gasteiger partial charge in [0.15, 0.2) is 0 Å². The average Bonchev–Trinajstić information content (AvgIpc) is 2.21. The molecule has 0 aromatic rings. The highest BCUT2D eigenvalue weighted by Crippen LogP contribution is 2.02. The maximum Gasteiger partial charge on any atom is 0.239 e. The lowest BCUT2D eigenvalue weighted by atomic mass is 10.1. The van der Waals surface area contributed by atoms with Gasteiger partial charge in [0, 0.05) is 19.3 Å². The predicted molar refractivity (Wildman–Crippen MR) is 63.5 cm³/mol. The molecule has 0 saturated heterocycles. The van der Waals surface area contributed by atoms with Crippen LogP contribution in [0.4, 0.5) is 0 Å². The molecular formula is C10H22N2OS. The highest BCUT2D eigenvalue weighted by Gasteiger charge is 2.16. The molecule has 4 heteroatoms. The summed E-state index contributed by atoms with van der Waals surface area (Å²) in [5.41, 5.74) is 5.78. The number of likely N-dealkylation sites (N-methyl/N-ethyl adjacent to an activating group) is 1. The van der Waals surface area contributed by atoms with Crippen molar-refractivity contribution < 1.29 is 4.79 Å². The van der Waals surface area contributed by atoms with E-state index in [2.05, 4.69) is 6.92 Å². The molecule has 0 aliphatic rings. The number of thioether (sulfide) groups is 1. The smallest absolute Gasteiger partial charge is 0.239 e. The van der Waals surface area contributed by atoms with Gasteiger partial charge in [0.2, 0.25) is 5.91 Å². The van der Waals surface area contributed by atoms with E-state index in [0.717, 1.165) is 31.6 Å². The molecule has 0 radical (unpaired) electrons. The van der Waals surface area contributed by atoms with Crippen molar-refractivity contribution in [1.82, 2.24) is 4.90 Å². The van der Waals surface area contributed by atoms with Crippen molar-refractivity contribution in [3.05, 3.63) is 0 Å². The topological polar surface area (TPSA) is 46.3 Å². The van der Waals surface area contributed by atoms with Crippen LogP contribution in [0.1, 0.15) is 26.2 Å². The molecule has 84 valence electrons. The fourth-order valence-electron chi connectivity index (χ4n) is 1.17. The van der Waals surface area contributed by atoms with Gasteiger partial charge in [0.1, 0.15) is 0 Å². The Labute approximate surface area is 91.4 Å². The fourth-order valence-corrected chi connectivity index (χ4v) is 1.63. The van der Waals surface area contributed by atoms with Gasteiger partial charge in [-0.2, -0.15) is 11.8 Å². The summed E-state index contributed by atoms with van der Waals surface area (Å²) >= 11 is 1.74. The number of hydrogen-bond donors (Lipinski definition) is 1. The minimum Gasteiger partial charge on any atom is -0.344 e. The van der Waals surface area contributed by atoms with Crippen molar-refractivity contribution in [3.8, 4) is 0 Å². The number of hydrogen-bond acceptors (Lipinski definition) is 3. The van der Waals surface area contributed by atoms with E-state index in [1.807, 2.05) is 13.3 Å². The third-order valence-corrected chi connectivity index (χ3v) is 2.78. The van der Waals surface area contributed by atoms with Crippen LogP contribution in [-0.2, 0) is 4.79 Å². The zero-order valence-electron chi connectivity index (χ0n) is 9.45. The number of carbonyl (C=O) groups is 1. The number of rotatable bonds is 7. The maximum absolute atomic E-state index is 11.6. The summed E-state index contributed by atoms with van der Waals surface area (Å²) in [5.74, 6) is 1.05. The second kappa shape index (κ2) is 8.12. The van der Waals surface area contributed by atoms with Crippen molar-refractivity contribution in [2.75, 3.05) is 25.6 Å². The van der Waals surface area contributed by atoms with Crippen molar-refractivity contribution in [2.24, 2.45) is 5.73 Å². The lowest BCUT2D eigenvalue weighted by Gasteiger charge is -2.20. The normalized spacial score (nSPS) is 12.6. The quantitative estimate of drug-likeness (QED) is 0.701. The van der Waals surface area contributed by atoms with E-state index in [-0.39, 0.29) is 11.9 Å². The summed E-state index contributed by atoms with van der Waals surface area (Å²) in [6, 6.07) is -0.304. The van der Waals surface area contributed by atoms with E-state index >= 15 is 0 Å². The van der Waals surface area contributed by atoms with Crippen LogP contribution in [0.2, 0.25) is 0 Å². The number of carbonyl (C=O) groups excluding carboxylic acids is 1. The molecule has 3 nitrogen and oxygen atoms in total. The molecule has 0 rings (SSSR count). The van der Waals surface area contributed by atoms with Gasteiger partial charge in [-0.05, 0) is 12.7 Å². The zero-order valence-corrected chi connectivity index (χ0v) is 10.3. The van der Waals surface area contributed by atoms with E-state index in [0.29, 0.717) is 0 Å². The number of nitrogens with two attached hydrogens (primary N) is 1. The van der Waals surface area contributed by atoms with Gasteiger partial charge >= 0.3 is 0 Å². The SMILES string of the molecule is CCCCC(N)C(=O)N(C)CCSC. The van der Waals surface area contributed by atoms with Crippen molar-refractivity contribution in [3.63, 3.8) is 0 Å². The molecule has 0 spiro atoms. The minimum atomic E-state index is -0.304. The van der Waals surface area contributed by atoms with Crippen LogP contribution < -0.4 is 5.73 Å². The molecule has 2 N–H and O–H groups in total. The molecule has 1 amide bonds. The van der Waals surface area contributed by atoms with Crippen molar-refractivity contribution in [1.29, 1.82) is 0 Å². The van der Waals surface area contributed by atoms with Crippen LogP contribution in [0.15, 0.2) is 0 Å². The molecule has 1 unspecified atom stereocenters. The number of nitrogens with zero attached hydrogens (tertiary/aromatic N) is 1. The van der Waals surface area contributed by atoms with Crippen LogP contribution in [-0.4, -0.2) is 42.4 Å². The van der Waals surface area contributed by atoms with E-state index in [1.54, 1.807) is 16.7 Å². The predicted octanol–water partition coefficient (Wildman–Crippen LogP) is 1.33. The Bertz CT molecular complexity index is 148. The second-order valence-corrected chi connectivity index (χ2v) is 4.49. The summed E-state index contributed by atoms with van der Waals surface area (Å²) in [4.78, 5) is 13.4. The molecule has 0 aromatic heterocycles. The Balaban J connectivity index is 3.78. The summed E-state index contributed by atoms with van der Waals surface area (Å²) < 4.78 is 0. The van der Waals surface area contributed by atoms with Crippen molar-refractivity contribution in [2.45, 2.75) is 32.2 Å². The molecule has 1 atom stereocenters. The third kappa shape index (κ3) is 5.50. The fraction of sp³-hybridized carbons (Fsp3) is 0.900. The Morgan fingerprint density at radius 1 is 1.57 bits per heavy atom. The van der Waals surface area contributed by atoms with Crippen LogP contribution in [0, 0.1) is 0 Å². The summed E-state index contributed by atoms with van der Waals surface area (Å²) in [6.07, 6.45) is 4.97. The first-order valence-corrected chi connectivity index (χ1v) is 6.52. The first-order valence-electron chi connectivity index (χ1n) is 5.13. The van der Waals surface area contributed by atoms with Gasteiger partial charge in [-0.25, -0.2) is 0 Å². The van der Waals surface area contributed by atoms with E-state index < -0.39 is 0 Å². The van der Waals surface area contributed by atoms with Gasteiger partial charge in [0.25, 0.3) is 0 Å². The van der Waals surface area contributed by atoms with Gasteiger partial charge in [0.05, 0.1) is 6.04 Å². The molecule has 0 bridgehead atoms. The Kier molecular flexibility index (Phi) is 7.99. The number of unbranched alkanes of at least 4 members (excludes halogenated alkanes) is 1. The maximum atomic E-state index is 11.6. The molecule has 0 saturated carbocycles. The van der Waals surface area contributed by atoms with Crippen LogP contribution in [0.25, 0.3) is 0 Å². The highest BCUT2D eigenvalue weighted by atomic mass is 32.2. The molecule has 0 heterocycles. The first-order chi connectivity index (χ1) is 6.63. The lowest BCUT2D eigenvalue weighted by Crippen LogP contribution is -2.42. The second-order valence-electron chi connectivity index (χ2n) is 3.50. The Morgan fingerprint density at radius 3 is 2.71 bits per heavy atom.